The summed E-state index contributed by atoms with van der Waals surface area (Å²) in [5, 5.41) is 6.43. The molecule has 0 bridgehead atoms. The number of nitrogens with one attached hydrogen (secondary N) is 1. The molecule has 3 N–H and O–H groups in total. The zero-order valence-corrected chi connectivity index (χ0v) is 11.2. The summed E-state index contributed by atoms with van der Waals surface area (Å²) in [5.41, 5.74) is 6.71. The highest BCUT2D eigenvalue weighted by Crippen LogP contribution is 2.06. The van der Waals surface area contributed by atoms with Crippen LogP contribution in [0.3, 0.4) is 0 Å². The Kier molecular flexibility index (Phi) is 5.32. The Morgan fingerprint density at radius 2 is 2.26 bits per heavy atom. The topological polar surface area (TPSA) is 94.0 Å². The molecule has 1 heterocycles. The van der Waals surface area contributed by atoms with E-state index in [1.807, 2.05) is 0 Å². The van der Waals surface area contributed by atoms with Crippen LogP contribution in [-0.4, -0.2) is 22.6 Å². The minimum atomic E-state index is -0.168. The quantitative estimate of drug-likeness (QED) is 0.826. The van der Waals surface area contributed by atoms with Crippen LogP contribution in [0, 0.1) is 6.92 Å². The average molecular weight is 283 g/mol. The van der Waals surface area contributed by atoms with Crippen LogP contribution in [0.5, 0.6) is 0 Å². The number of halogens is 1. The molecule has 0 aliphatic heterocycles. The first-order chi connectivity index (χ1) is 8.65. The maximum atomic E-state index is 11.8. The molecule has 1 aromatic carbocycles. The van der Waals surface area contributed by atoms with Gasteiger partial charge in [0.1, 0.15) is 0 Å². The van der Waals surface area contributed by atoms with Crippen molar-refractivity contribution in [3.63, 3.8) is 0 Å². The number of rotatable bonds is 4. The van der Waals surface area contributed by atoms with Crippen molar-refractivity contribution in [1.82, 2.24) is 15.5 Å². The fourth-order valence-electron chi connectivity index (χ4n) is 1.51. The van der Waals surface area contributed by atoms with E-state index < -0.39 is 0 Å². The highest BCUT2D eigenvalue weighted by molar-refractivity contribution is 5.94. The van der Waals surface area contributed by atoms with E-state index in [2.05, 4.69) is 15.5 Å². The van der Waals surface area contributed by atoms with Crippen LogP contribution >= 0.6 is 12.4 Å². The highest BCUT2D eigenvalue weighted by atomic mass is 35.5. The van der Waals surface area contributed by atoms with Crippen LogP contribution in [0.4, 0.5) is 5.69 Å². The standard InChI is InChI=1S/C12H14N4O2.ClH/c1-8-15-11(18-16-8)5-6-14-12(17)9-3-2-4-10(13)7-9;/h2-4,7H,5-6,13H2,1H3,(H,14,17);1H. The first kappa shape index (κ1) is 15.0. The molecule has 0 saturated heterocycles. The summed E-state index contributed by atoms with van der Waals surface area (Å²) < 4.78 is 4.94. The first-order valence-electron chi connectivity index (χ1n) is 5.58. The summed E-state index contributed by atoms with van der Waals surface area (Å²) in [7, 11) is 0. The second-order valence-corrected chi connectivity index (χ2v) is 3.87. The Morgan fingerprint density at radius 3 is 2.89 bits per heavy atom. The molecular formula is C12H15ClN4O2. The zero-order valence-electron chi connectivity index (χ0n) is 10.4. The number of aromatic nitrogens is 2. The monoisotopic (exact) mass is 282 g/mol. The summed E-state index contributed by atoms with van der Waals surface area (Å²) in [6, 6.07) is 6.82. The average Bonchev–Trinajstić information content (AvgIpc) is 2.75. The van der Waals surface area contributed by atoms with E-state index in [1.165, 1.54) is 0 Å². The molecule has 19 heavy (non-hydrogen) atoms. The maximum absolute atomic E-state index is 11.8. The predicted molar refractivity (Wildman–Crippen MR) is 73.2 cm³/mol. The van der Waals surface area contributed by atoms with Crippen molar-refractivity contribution in [3.8, 4) is 0 Å². The van der Waals surface area contributed by atoms with Gasteiger partial charge in [-0.1, -0.05) is 11.2 Å². The number of benzene rings is 1. The fourth-order valence-corrected chi connectivity index (χ4v) is 1.51. The number of anilines is 1. The molecule has 2 aromatic rings. The summed E-state index contributed by atoms with van der Waals surface area (Å²) in [6.45, 7) is 2.19. The van der Waals surface area contributed by atoms with E-state index >= 15 is 0 Å². The normalized spacial score (nSPS) is 9.74. The maximum Gasteiger partial charge on any atom is 0.251 e. The molecule has 0 spiro atoms. The smallest absolute Gasteiger partial charge is 0.251 e. The van der Waals surface area contributed by atoms with Gasteiger partial charge in [-0.2, -0.15) is 4.98 Å². The highest BCUT2D eigenvalue weighted by Gasteiger charge is 2.06. The van der Waals surface area contributed by atoms with Gasteiger partial charge < -0.3 is 15.6 Å². The third-order valence-corrected chi connectivity index (χ3v) is 2.34. The molecule has 1 aromatic heterocycles. The van der Waals surface area contributed by atoms with Gasteiger partial charge in [0.2, 0.25) is 5.89 Å². The van der Waals surface area contributed by atoms with Crippen LogP contribution in [0.2, 0.25) is 0 Å². The zero-order chi connectivity index (χ0) is 13.0. The number of carbonyl (C=O) groups excluding carboxylic acids is 1. The Balaban J connectivity index is 0.00000180. The molecule has 0 unspecified atom stereocenters. The van der Waals surface area contributed by atoms with Gasteiger partial charge in [-0.05, 0) is 25.1 Å². The van der Waals surface area contributed by atoms with Gasteiger partial charge >= 0.3 is 0 Å². The van der Waals surface area contributed by atoms with Gasteiger partial charge in [-0.15, -0.1) is 12.4 Å². The molecule has 1 amide bonds. The van der Waals surface area contributed by atoms with Crippen molar-refractivity contribution in [2.24, 2.45) is 0 Å². The van der Waals surface area contributed by atoms with Gasteiger partial charge in [-0.3, -0.25) is 4.79 Å². The molecule has 0 saturated carbocycles. The number of nitrogens with zero attached hydrogens (tertiary/aromatic N) is 2. The van der Waals surface area contributed by atoms with Gasteiger partial charge in [-0.25, -0.2) is 0 Å². The first-order valence-corrected chi connectivity index (χ1v) is 5.58. The summed E-state index contributed by atoms with van der Waals surface area (Å²) in [4.78, 5) is 15.8. The molecule has 6 nitrogen and oxygen atoms in total. The van der Waals surface area contributed by atoms with Crippen LogP contribution in [0.1, 0.15) is 22.1 Å². The Labute approximate surface area is 116 Å². The van der Waals surface area contributed by atoms with Gasteiger partial charge in [0, 0.05) is 24.2 Å². The lowest BCUT2D eigenvalue weighted by Gasteiger charge is -2.03. The number of nitrogens with two attached hydrogens (primary N) is 1. The fraction of sp³-hybridized carbons (Fsp3) is 0.250. The van der Waals surface area contributed by atoms with E-state index in [4.69, 9.17) is 10.3 Å². The van der Waals surface area contributed by atoms with E-state index in [0.29, 0.717) is 35.9 Å². The number of nitrogen functional groups attached to an aromatic ring is 1. The molecule has 0 radical (unpaired) electrons. The molecule has 0 fully saturated rings. The van der Waals surface area contributed by atoms with Crippen molar-refractivity contribution >= 4 is 24.0 Å². The van der Waals surface area contributed by atoms with Crippen LogP contribution < -0.4 is 11.1 Å². The van der Waals surface area contributed by atoms with E-state index in [-0.39, 0.29) is 18.3 Å². The summed E-state index contributed by atoms with van der Waals surface area (Å²) in [5.74, 6) is 0.936. The number of hydrogen-bond donors (Lipinski definition) is 2. The Morgan fingerprint density at radius 1 is 1.47 bits per heavy atom. The van der Waals surface area contributed by atoms with Crippen LogP contribution in [0.15, 0.2) is 28.8 Å². The Bertz CT molecular complexity index is 556. The Hall–Kier alpha value is -2.08. The van der Waals surface area contributed by atoms with Crippen molar-refractivity contribution < 1.29 is 9.32 Å². The van der Waals surface area contributed by atoms with Gasteiger partial charge in [0.15, 0.2) is 5.82 Å². The minimum Gasteiger partial charge on any atom is -0.399 e. The van der Waals surface area contributed by atoms with Gasteiger partial charge in [0.25, 0.3) is 5.91 Å². The van der Waals surface area contributed by atoms with E-state index in [9.17, 15) is 4.79 Å². The molecule has 0 aliphatic rings. The molecule has 7 heteroatoms. The van der Waals surface area contributed by atoms with Crippen molar-refractivity contribution in [2.75, 3.05) is 12.3 Å². The third kappa shape index (κ3) is 4.26. The van der Waals surface area contributed by atoms with Gasteiger partial charge in [0.05, 0.1) is 0 Å². The molecule has 102 valence electrons. The molecule has 0 atom stereocenters. The van der Waals surface area contributed by atoms with Crippen molar-refractivity contribution in [3.05, 3.63) is 41.5 Å². The molecular weight excluding hydrogens is 268 g/mol. The van der Waals surface area contributed by atoms with Crippen molar-refractivity contribution in [1.29, 1.82) is 0 Å². The third-order valence-electron chi connectivity index (χ3n) is 2.34. The lowest BCUT2D eigenvalue weighted by molar-refractivity contribution is 0.0953. The van der Waals surface area contributed by atoms with Crippen LogP contribution in [0.25, 0.3) is 0 Å². The molecule has 0 aliphatic carbocycles. The lowest BCUT2D eigenvalue weighted by atomic mass is 10.2. The second-order valence-electron chi connectivity index (χ2n) is 3.87. The number of carbonyl (C=O) groups is 1. The molecule has 2 rings (SSSR count). The summed E-state index contributed by atoms with van der Waals surface area (Å²) >= 11 is 0. The van der Waals surface area contributed by atoms with E-state index in [0.717, 1.165) is 0 Å². The number of hydrogen-bond acceptors (Lipinski definition) is 5. The van der Waals surface area contributed by atoms with E-state index in [1.54, 1.807) is 31.2 Å². The van der Waals surface area contributed by atoms with Crippen LogP contribution in [-0.2, 0) is 6.42 Å². The number of amides is 1. The number of aryl methyl sites for hydroxylation is 1. The van der Waals surface area contributed by atoms with Crippen molar-refractivity contribution in [2.45, 2.75) is 13.3 Å². The predicted octanol–water partition coefficient (Wildman–Crippen LogP) is 1.35. The minimum absolute atomic E-state index is 0. The summed E-state index contributed by atoms with van der Waals surface area (Å²) in [6.07, 6.45) is 0.509. The SMILES string of the molecule is Cc1noc(CCNC(=O)c2cccc(N)c2)n1.Cl. The lowest BCUT2D eigenvalue weighted by Crippen LogP contribution is -2.25. The second kappa shape index (κ2) is 6.75. The largest absolute Gasteiger partial charge is 0.399 e.